The number of benzene rings is 1. The van der Waals surface area contributed by atoms with E-state index in [-0.39, 0.29) is 16.7 Å². The molecule has 4 nitrogen and oxygen atoms in total. The first kappa shape index (κ1) is 19.1. The summed E-state index contributed by atoms with van der Waals surface area (Å²) >= 11 is 22.5. The normalized spacial score (nSPS) is 12.1. The fraction of sp³-hybridized carbons (Fsp3) is 0.100. The maximum atomic E-state index is 11.6. The first-order valence-electron chi connectivity index (χ1n) is 4.64. The number of primary amides is 1. The van der Waals surface area contributed by atoms with E-state index >= 15 is 0 Å². The lowest BCUT2D eigenvalue weighted by molar-refractivity contribution is -0.117. The van der Waals surface area contributed by atoms with Gasteiger partial charge in [-0.1, -0.05) is 0 Å². The number of alkyl halides is 1. The van der Waals surface area contributed by atoms with Gasteiger partial charge in [0.25, 0.3) is 10.5 Å². The number of carbonyl (C=O) groups excluding carboxylic acids is 3. The van der Waals surface area contributed by atoms with Gasteiger partial charge in [-0.15, -0.1) is 11.6 Å². The van der Waals surface area contributed by atoms with Gasteiger partial charge in [0.2, 0.25) is 5.91 Å². The maximum absolute atomic E-state index is 11.6. The third-order valence-corrected chi connectivity index (χ3v) is 6.38. The van der Waals surface area contributed by atoms with Gasteiger partial charge in [-0.3, -0.25) is 14.4 Å². The fourth-order valence-corrected chi connectivity index (χ4v) is 7.76. The number of hydrogen-bond acceptors (Lipinski definition) is 3. The molecule has 1 aromatic carbocycles. The molecule has 0 aromatic heterocycles. The molecule has 1 aromatic rings. The van der Waals surface area contributed by atoms with Crippen LogP contribution in [0, 0.1) is 10.7 Å². The van der Waals surface area contributed by atoms with Crippen LogP contribution in [0.3, 0.4) is 0 Å². The van der Waals surface area contributed by atoms with Crippen LogP contribution in [0.5, 0.6) is 0 Å². The SMILES string of the molecule is NC(=O)C(Cl)c1c(I)c(C(=O)Cl)c(I)c(C(=O)Cl)c1I. The van der Waals surface area contributed by atoms with Gasteiger partial charge in [0.05, 0.1) is 11.1 Å². The van der Waals surface area contributed by atoms with E-state index in [0.717, 1.165) is 0 Å². The Morgan fingerprint density at radius 1 is 0.900 bits per heavy atom. The molecule has 1 unspecified atom stereocenters. The lowest BCUT2D eigenvalue weighted by Crippen LogP contribution is -2.21. The molecule has 108 valence electrons. The molecule has 0 spiro atoms. The lowest BCUT2D eigenvalue weighted by atomic mass is 10.0. The van der Waals surface area contributed by atoms with E-state index in [1.807, 2.05) is 45.2 Å². The second-order valence-corrected chi connectivity index (χ2v) is 7.78. The van der Waals surface area contributed by atoms with E-state index in [0.29, 0.717) is 10.7 Å². The summed E-state index contributed by atoms with van der Waals surface area (Å²) in [5.74, 6) is -0.801. The maximum Gasteiger partial charge on any atom is 0.254 e. The van der Waals surface area contributed by atoms with E-state index < -0.39 is 21.8 Å². The van der Waals surface area contributed by atoms with Crippen molar-refractivity contribution in [2.45, 2.75) is 5.38 Å². The van der Waals surface area contributed by atoms with Gasteiger partial charge in [0.1, 0.15) is 5.38 Å². The molecular formula is C10H3Cl3I3NO3. The molecule has 0 heterocycles. The van der Waals surface area contributed by atoms with E-state index in [9.17, 15) is 14.4 Å². The van der Waals surface area contributed by atoms with E-state index in [4.69, 9.17) is 40.5 Å². The van der Waals surface area contributed by atoms with Crippen molar-refractivity contribution in [1.82, 2.24) is 0 Å². The highest BCUT2D eigenvalue weighted by Gasteiger charge is 2.30. The van der Waals surface area contributed by atoms with Crippen LogP contribution in [0.1, 0.15) is 31.7 Å². The van der Waals surface area contributed by atoms with Crippen LogP contribution in [0.15, 0.2) is 0 Å². The summed E-state index contributed by atoms with van der Waals surface area (Å²) < 4.78 is 1.06. The Hall–Kier alpha value is 1.09. The smallest absolute Gasteiger partial charge is 0.254 e. The van der Waals surface area contributed by atoms with Crippen molar-refractivity contribution in [3.05, 3.63) is 27.4 Å². The Balaban J connectivity index is 3.90. The predicted octanol–water partition coefficient (Wildman–Crippen LogP) is 4.02. The Morgan fingerprint density at radius 3 is 1.50 bits per heavy atom. The number of carbonyl (C=O) groups is 3. The predicted molar refractivity (Wildman–Crippen MR) is 103 cm³/mol. The van der Waals surface area contributed by atoms with Crippen LogP contribution in [0.2, 0.25) is 0 Å². The number of hydrogen-bond donors (Lipinski definition) is 1. The number of halogens is 6. The summed E-state index contributed by atoms with van der Waals surface area (Å²) in [6.07, 6.45) is 0. The molecule has 0 bridgehead atoms. The van der Waals surface area contributed by atoms with Gasteiger partial charge in [-0.2, -0.15) is 0 Å². The number of amides is 1. The van der Waals surface area contributed by atoms with Gasteiger partial charge in [0, 0.05) is 16.3 Å². The van der Waals surface area contributed by atoms with Crippen LogP contribution >= 0.6 is 103 Å². The Labute approximate surface area is 169 Å². The fourth-order valence-electron chi connectivity index (χ4n) is 1.39. The highest BCUT2D eigenvalue weighted by Crippen LogP contribution is 2.38. The Morgan fingerprint density at radius 2 is 1.25 bits per heavy atom. The first-order chi connectivity index (χ1) is 9.11. The second-order valence-electron chi connectivity index (χ2n) is 3.42. The number of nitrogens with two attached hydrogens (primary N) is 1. The van der Waals surface area contributed by atoms with Crippen molar-refractivity contribution in [1.29, 1.82) is 0 Å². The van der Waals surface area contributed by atoms with Gasteiger partial charge in [-0.25, -0.2) is 0 Å². The lowest BCUT2D eigenvalue weighted by Gasteiger charge is -2.17. The summed E-state index contributed by atoms with van der Waals surface area (Å²) in [5.41, 5.74) is 5.60. The van der Waals surface area contributed by atoms with Crippen molar-refractivity contribution in [3.63, 3.8) is 0 Å². The van der Waals surface area contributed by atoms with Crippen molar-refractivity contribution >= 4 is 119 Å². The molecule has 0 aliphatic carbocycles. The molecule has 2 N–H and O–H groups in total. The monoisotopic (exact) mass is 671 g/mol. The summed E-state index contributed by atoms with van der Waals surface area (Å²) in [7, 11) is 0. The molecule has 1 rings (SSSR count). The van der Waals surface area contributed by atoms with Gasteiger partial charge in [-0.05, 0) is 91.0 Å². The quantitative estimate of drug-likeness (QED) is 0.299. The molecule has 0 aliphatic rings. The summed E-state index contributed by atoms with van der Waals surface area (Å²) in [6.45, 7) is 0. The second kappa shape index (κ2) is 7.57. The minimum absolute atomic E-state index is 0.0826. The standard InChI is InChI=1S/C10H3Cl3I3NO3/c11-4(10(17)20)1-5(14)2(8(12)18)7(16)3(6(1)15)9(13)19/h4H,(H2,17,20). The molecule has 0 fully saturated rings. The van der Waals surface area contributed by atoms with Crippen LogP contribution < -0.4 is 5.73 Å². The molecule has 1 atom stereocenters. The minimum Gasteiger partial charge on any atom is -0.368 e. The average Bonchev–Trinajstić information content (AvgIpc) is 2.26. The zero-order valence-corrected chi connectivity index (χ0v) is 17.9. The van der Waals surface area contributed by atoms with Gasteiger partial charge >= 0.3 is 0 Å². The largest absolute Gasteiger partial charge is 0.368 e. The first-order valence-corrected chi connectivity index (χ1v) is 9.07. The van der Waals surface area contributed by atoms with Crippen LogP contribution in [-0.4, -0.2) is 16.4 Å². The van der Waals surface area contributed by atoms with Crippen LogP contribution in [0.4, 0.5) is 0 Å². The summed E-state index contributed by atoms with van der Waals surface area (Å²) in [6, 6.07) is 0. The molecule has 0 aliphatic heterocycles. The molecule has 20 heavy (non-hydrogen) atoms. The van der Waals surface area contributed by atoms with Crippen molar-refractivity contribution in [2.24, 2.45) is 5.73 Å². The Bertz CT molecular complexity index is 595. The molecule has 0 saturated carbocycles. The minimum atomic E-state index is -1.20. The topological polar surface area (TPSA) is 77.2 Å². The molecule has 1 amide bonds. The average molecular weight is 672 g/mol. The third-order valence-electron chi connectivity index (χ3n) is 2.25. The molecule has 0 radical (unpaired) electrons. The van der Waals surface area contributed by atoms with Crippen molar-refractivity contribution in [2.75, 3.05) is 0 Å². The van der Waals surface area contributed by atoms with Gasteiger partial charge in [0.15, 0.2) is 0 Å². The van der Waals surface area contributed by atoms with Crippen molar-refractivity contribution in [3.8, 4) is 0 Å². The van der Waals surface area contributed by atoms with E-state index in [1.54, 1.807) is 22.6 Å². The van der Waals surface area contributed by atoms with Crippen molar-refractivity contribution < 1.29 is 14.4 Å². The summed E-state index contributed by atoms with van der Waals surface area (Å²) in [5, 5.41) is -2.75. The molecule has 0 saturated heterocycles. The molecular weight excluding hydrogens is 669 g/mol. The highest BCUT2D eigenvalue weighted by atomic mass is 127. The van der Waals surface area contributed by atoms with Crippen LogP contribution in [-0.2, 0) is 4.79 Å². The Kier molecular flexibility index (Phi) is 7.25. The summed E-state index contributed by atoms with van der Waals surface area (Å²) in [4.78, 5) is 34.4. The number of rotatable bonds is 4. The molecule has 10 heteroatoms. The van der Waals surface area contributed by atoms with Crippen LogP contribution in [0.25, 0.3) is 0 Å². The van der Waals surface area contributed by atoms with Gasteiger partial charge < -0.3 is 5.73 Å². The highest BCUT2D eigenvalue weighted by molar-refractivity contribution is 14.1. The zero-order chi connectivity index (χ0) is 15.8. The van der Waals surface area contributed by atoms with E-state index in [2.05, 4.69) is 0 Å². The third kappa shape index (κ3) is 3.70. The van der Waals surface area contributed by atoms with E-state index in [1.165, 1.54) is 0 Å². The zero-order valence-electron chi connectivity index (χ0n) is 9.15.